The van der Waals surface area contributed by atoms with Gasteiger partial charge in [-0.2, -0.15) is 0 Å². The standard InChI is InChI=1S/C18H15N5OS/c1-12-16(23-10-6-5-9-15(23)19-12)17(24)21-22-18-20-14(11-25-18)13-7-3-2-4-8-13/h2-11H,1H3,(H,20,22)(H,21,24). The molecule has 124 valence electrons. The molecule has 0 bridgehead atoms. The highest BCUT2D eigenvalue weighted by atomic mass is 32.1. The lowest BCUT2D eigenvalue weighted by Crippen LogP contribution is -2.30. The molecule has 0 unspecified atom stereocenters. The van der Waals surface area contributed by atoms with E-state index in [-0.39, 0.29) is 5.91 Å². The monoisotopic (exact) mass is 349 g/mol. The number of rotatable bonds is 4. The van der Waals surface area contributed by atoms with Crippen molar-refractivity contribution in [2.75, 3.05) is 5.43 Å². The van der Waals surface area contributed by atoms with Gasteiger partial charge in [-0.25, -0.2) is 9.97 Å². The number of benzene rings is 1. The number of aromatic nitrogens is 3. The van der Waals surface area contributed by atoms with Crippen molar-refractivity contribution in [3.63, 3.8) is 0 Å². The summed E-state index contributed by atoms with van der Waals surface area (Å²) in [6.45, 7) is 1.82. The molecule has 0 atom stereocenters. The fourth-order valence-electron chi connectivity index (χ4n) is 2.63. The zero-order valence-electron chi connectivity index (χ0n) is 13.4. The molecule has 0 aliphatic heterocycles. The molecule has 0 aliphatic carbocycles. The normalized spacial score (nSPS) is 10.8. The first-order chi connectivity index (χ1) is 12.2. The SMILES string of the molecule is Cc1nc2ccccn2c1C(=O)NNc1nc(-c2ccccc2)cs1. The molecule has 0 aliphatic rings. The minimum absolute atomic E-state index is 0.257. The summed E-state index contributed by atoms with van der Waals surface area (Å²) in [6.07, 6.45) is 1.82. The summed E-state index contributed by atoms with van der Waals surface area (Å²) in [5, 5.41) is 2.57. The lowest BCUT2D eigenvalue weighted by Gasteiger charge is -2.06. The molecule has 0 fully saturated rings. The third-order valence-corrected chi connectivity index (χ3v) is 4.53. The second-order valence-corrected chi connectivity index (χ2v) is 6.32. The number of amides is 1. The predicted octanol–water partition coefficient (Wildman–Crippen LogP) is 3.52. The molecular weight excluding hydrogens is 334 g/mol. The lowest BCUT2D eigenvalue weighted by molar-refractivity contribution is 0.0956. The maximum Gasteiger partial charge on any atom is 0.288 e. The largest absolute Gasteiger partial charge is 0.295 e. The zero-order chi connectivity index (χ0) is 17.2. The molecule has 3 aromatic heterocycles. The lowest BCUT2D eigenvalue weighted by atomic mass is 10.2. The number of nitrogens with one attached hydrogen (secondary N) is 2. The average Bonchev–Trinajstić information content (AvgIpc) is 3.24. The summed E-state index contributed by atoms with van der Waals surface area (Å²) in [5.74, 6) is -0.257. The number of hydrazine groups is 1. The van der Waals surface area contributed by atoms with E-state index in [0.29, 0.717) is 16.5 Å². The fourth-order valence-corrected chi connectivity index (χ4v) is 3.30. The highest BCUT2D eigenvalue weighted by Crippen LogP contribution is 2.24. The van der Waals surface area contributed by atoms with Gasteiger partial charge in [-0.05, 0) is 19.1 Å². The molecule has 25 heavy (non-hydrogen) atoms. The minimum atomic E-state index is -0.257. The first-order valence-corrected chi connectivity index (χ1v) is 8.61. The van der Waals surface area contributed by atoms with Crippen LogP contribution in [0, 0.1) is 6.92 Å². The second-order valence-electron chi connectivity index (χ2n) is 5.46. The van der Waals surface area contributed by atoms with E-state index >= 15 is 0 Å². The van der Waals surface area contributed by atoms with Gasteiger partial charge in [0.2, 0.25) is 5.13 Å². The van der Waals surface area contributed by atoms with E-state index in [2.05, 4.69) is 20.8 Å². The van der Waals surface area contributed by atoms with Crippen LogP contribution in [0.2, 0.25) is 0 Å². The van der Waals surface area contributed by atoms with Crippen molar-refractivity contribution in [2.45, 2.75) is 6.92 Å². The molecule has 0 saturated carbocycles. The van der Waals surface area contributed by atoms with Crippen LogP contribution in [-0.4, -0.2) is 20.3 Å². The average molecular weight is 349 g/mol. The van der Waals surface area contributed by atoms with E-state index in [1.807, 2.05) is 67.0 Å². The molecule has 3 heterocycles. The number of thiazole rings is 1. The number of pyridine rings is 1. The van der Waals surface area contributed by atoms with Gasteiger partial charge in [-0.1, -0.05) is 36.4 Å². The van der Waals surface area contributed by atoms with Crippen molar-refractivity contribution in [1.29, 1.82) is 0 Å². The number of imidazole rings is 1. The van der Waals surface area contributed by atoms with Crippen LogP contribution in [0.25, 0.3) is 16.9 Å². The molecule has 7 heteroatoms. The van der Waals surface area contributed by atoms with Crippen molar-refractivity contribution in [3.05, 3.63) is 71.5 Å². The van der Waals surface area contributed by atoms with Crippen molar-refractivity contribution in [1.82, 2.24) is 19.8 Å². The van der Waals surface area contributed by atoms with Gasteiger partial charge in [0.25, 0.3) is 5.91 Å². The van der Waals surface area contributed by atoms with E-state index in [0.717, 1.165) is 16.9 Å². The van der Waals surface area contributed by atoms with Crippen molar-refractivity contribution < 1.29 is 4.79 Å². The smallest absolute Gasteiger partial charge is 0.288 e. The summed E-state index contributed by atoms with van der Waals surface area (Å²) in [4.78, 5) is 21.4. The highest BCUT2D eigenvalue weighted by Gasteiger charge is 2.16. The molecule has 2 N–H and O–H groups in total. The van der Waals surface area contributed by atoms with Crippen LogP contribution in [-0.2, 0) is 0 Å². The summed E-state index contributed by atoms with van der Waals surface area (Å²) < 4.78 is 1.77. The maximum atomic E-state index is 12.5. The third-order valence-electron chi connectivity index (χ3n) is 3.78. The first kappa shape index (κ1) is 15.3. The number of hydrogen-bond acceptors (Lipinski definition) is 5. The van der Waals surface area contributed by atoms with Crippen molar-refractivity contribution in [3.8, 4) is 11.3 Å². The Morgan fingerprint density at radius 2 is 1.88 bits per heavy atom. The summed E-state index contributed by atoms with van der Waals surface area (Å²) in [5.41, 5.74) is 9.41. The van der Waals surface area contributed by atoms with Crippen molar-refractivity contribution >= 4 is 28.0 Å². The molecule has 4 rings (SSSR count). The maximum absolute atomic E-state index is 12.5. The van der Waals surface area contributed by atoms with Crippen molar-refractivity contribution in [2.24, 2.45) is 0 Å². The Morgan fingerprint density at radius 1 is 1.08 bits per heavy atom. The summed E-state index contributed by atoms with van der Waals surface area (Å²) >= 11 is 1.43. The Bertz CT molecular complexity index is 1040. The summed E-state index contributed by atoms with van der Waals surface area (Å²) in [6, 6.07) is 15.5. The Kier molecular flexibility index (Phi) is 3.91. The quantitative estimate of drug-likeness (QED) is 0.553. The molecule has 1 aromatic carbocycles. The van der Waals surface area contributed by atoms with E-state index in [4.69, 9.17) is 0 Å². The second kappa shape index (κ2) is 6.37. The van der Waals surface area contributed by atoms with Gasteiger partial charge in [-0.3, -0.25) is 20.0 Å². The van der Waals surface area contributed by atoms with Gasteiger partial charge in [0.1, 0.15) is 11.3 Å². The number of fused-ring (bicyclic) bond motifs is 1. The minimum Gasteiger partial charge on any atom is -0.295 e. The number of anilines is 1. The zero-order valence-corrected chi connectivity index (χ0v) is 14.2. The summed E-state index contributed by atoms with van der Waals surface area (Å²) in [7, 11) is 0. The molecule has 4 aromatic rings. The molecule has 1 amide bonds. The molecule has 6 nitrogen and oxygen atoms in total. The number of hydrogen-bond donors (Lipinski definition) is 2. The van der Waals surface area contributed by atoms with E-state index in [1.165, 1.54) is 11.3 Å². The van der Waals surface area contributed by atoms with Gasteiger partial charge in [0.15, 0.2) is 0 Å². The molecule has 0 radical (unpaired) electrons. The molecule has 0 spiro atoms. The Hall–Kier alpha value is -3.19. The van der Waals surface area contributed by atoms with Gasteiger partial charge in [0, 0.05) is 17.1 Å². The molecule has 0 saturated heterocycles. The predicted molar refractivity (Wildman–Crippen MR) is 98.6 cm³/mol. The van der Waals surface area contributed by atoms with E-state index in [1.54, 1.807) is 4.40 Å². The van der Waals surface area contributed by atoms with E-state index < -0.39 is 0 Å². The number of aryl methyl sites for hydroxylation is 1. The Balaban J connectivity index is 1.51. The Morgan fingerprint density at radius 3 is 2.72 bits per heavy atom. The number of carbonyl (C=O) groups is 1. The van der Waals surface area contributed by atoms with Crippen LogP contribution in [0.15, 0.2) is 60.1 Å². The van der Waals surface area contributed by atoms with Crippen LogP contribution in [0.3, 0.4) is 0 Å². The van der Waals surface area contributed by atoms with Gasteiger partial charge in [-0.15, -0.1) is 11.3 Å². The number of nitrogens with zero attached hydrogens (tertiary/aromatic N) is 3. The third kappa shape index (κ3) is 2.97. The highest BCUT2D eigenvalue weighted by molar-refractivity contribution is 7.14. The van der Waals surface area contributed by atoms with Crippen LogP contribution >= 0.6 is 11.3 Å². The van der Waals surface area contributed by atoms with Gasteiger partial charge < -0.3 is 0 Å². The number of carbonyl (C=O) groups excluding carboxylic acids is 1. The van der Waals surface area contributed by atoms with Crippen LogP contribution in [0.1, 0.15) is 16.2 Å². The topological polar surface area (TPSA) is 71.3 Å². The van der Waals surface area contributed by atoms with Crippen LogP contribution in [0.5, 0.6) is 0 Å². The first-order valence-electron chi connectivity index (χ1n) is 7.73. The van der Waals surface area contributed by atoms with Crippen LogP contribution < -0.4 is 10.9 Å². The van der Waals surface area contributed by atoms with Crippen LogP contribution in [0.4, 0.5) is 5.13 Å². The fraction of sp³-hybridized carbons (Fsp3) is 0.0556. The van der Waals surface area contributed by atoms with Gasteiger partial charge >= 0.3 is 0 Å². The Labute approximate surface area is 148 Å². The van der Waals surface area contributed by atoms with E-state index in [9.17, 15) is 4.79 Å². The van der Waals surface area contributed by atoms with Gasteiger partial charge in [0.05, 0.1) is 11.4 Å². The molecular formula is C18H15N5OS.